The molecule has 0 radical (unpaired) electrons. The van der Waals surface area contributed by atoms with E-state index in [4.69, 9.17) is 18.0 Å². The van der Waals surface area contributed by atoms with Gasteiger partial charge in [0.25, 0.3) is 0 Å². The van der Waals surface area contributed by atoms with Crippen molar-refractivity contribution in [3.8, 4) is 0 Å². The minimum atomic E-state index is -0.384. The molecule has 0 aliphatic heterocycles. The van der Waals surface area contributed by atoms with Crippen molar-refractivity contribution in [3.63, 3.8) is 0 Å². The van der Waals surface area contributed by atoms with Crippen molar-refractivity contribution in [2.24, 2.45) is 5.73 Å². The van der Waals surface area contributed by atoms with Gasteiger partial charge < -0.3 is 10.6 Å². The largest absolute Gasteiger partial charge is 0.389 e. The van der Waals surface area contributed by atoms with Crippen LogP contribution in [0.4, 0.5) is 14.5 Å². The summed E-state index contributed by atoms with van der Waals surface area (Å²) in [6.45, 7) is 0.455. The molecule has 0 fully saturated rings. The summed E-state index contributed by atoms with van der Waals surface area (Å²) in [5.41, 5.74) is 7.63. The molecule has 0 spiro atoms. The van der Waals surface area contributed by atoms with E-state index < -0.39 is 0 Å². The van der Waals surface area contributed by atoms with Crippen LogP contribution in [0.5, 0.6) is 0 Å². The number of hydrogen-bond donors (Lipinski definition) is 1. The van der Waals surface area contributed by atoms with E-state index >= 15 is 0 Å². The molecule has 2 nitrogen and oxygen atoms in total. The fourth-order valence-corrected chi connectivity index (χ4v) is 2.17. The number of hydrogen-bond acceptors (Lipinski definition) is 2. The second-order valence-corrected chi connectivity index (χ2v) is 4.94. The van der Waals surface area contributed by atoms with Crippen LogP contribution in [-0.2, 0) is 6.54 Å². The number of rotatable bonds is 4. The smallest absolute Gasteiger partial charge is 0.125 e. The maximum atomic E-state index is 13.2. The third-order valence-corrected chi connectivity index (χ3v) is 3.21. The maximum Gasteiger partial charge on any atom is 0.125 e. The molecule has 2 aromatic carbocycles. The van der Waals surface area contributed by atoms with E-state index in [9.17, 15) is 8.78 Å². The van der Waals surface area contributed by atoms with Crippen LogP contribution < -0.4 is 10.6 Å². The summed E-state index contributed by atoms with van der Waals surface area (Å²) < 4.78 is 26.5. The lowest BCUT2D eigenvalue weighted by Crippen LogP contribution is -2.20. The van der Waals surface area contributed by atoms with Gasteiger partial charge in [-0.15, -0.1) is 0 Å². The average Bonchev–Trinajstić information content (AvgIpc) is 2.40. The van der Waals surface area contributed by atoms with Crippen LogP contribution in [0.2, 0.25) is 0 Å². The van der Waals surface area contributed by atoms with Gasteiger partial charge in [0.05, 0.1) is 0 Å². The minimum Gasteiger partial charge on any atom is -0.389 e. The van der Waals surface area contributed by atoms with E-state index in [1.165, 1.54) is 24.3 Å². The molecule has 104 valence electrons. The molecule has 2 aromatic rings. The molecule has 0 amide bonds. The zero-order chi connectivity index (χ0) is 14.7. The van der Waals surface area contributed by atoms with Gasteiger partial charge in [-0.1, -0.05) is 24.4 Å². The first-order valence-corrected chi connectivity index (χ1v) is 6.43. The number of nitrogens with two attached hydrogens (primary N) is 1. The standard InChI is InChI=1S/C15H14F2N2S/c1-19(13-4-2-3-11(16)7-13)9-10-5-6-12(17)8-14(10)15(18)20/h2-8H,9H2,1H3,(H2,18,20). The Bertz CT molecular complexity index is 644. The zero-order valence-corrected chi connectivity index (χ0v) is 11.8. The maximum absolute atomic E-state index is 13.2. The van der Waals surface area contributed by atoms with Crippen molar-refractivity contribution < 1.29 is 8.78 Å². The first-order chi connectivity index (χ1) is 9.47. The number of halogens is 2. The Morgan fingerprint density at radius 1 is 1.15 bits per heavy atom. The number of benzene rings is 2. The molecular weight excluding hydrogens is 278 g/mol. The van der Waals surface area contributed by atoms with E-state index in [0.29, 0.717) is 12.1 Å². The Hall–Kier alpha value is -2.01. The second-order valence-electron chi connectivity index (χ2n) is 4.50. The van der Waals surface area contributed by atoms with E-state index in [-0.39, 0.29) is 16.6 Å². The number of thiocarbonyl (C=S) groups is 1. The molecule has 0 heterocycles. The van der Waals surface area contributed by atoms with Crippen LogP contribution in [0.25, 0.3) is 0 Å². The van der Waals surface area contributed by atoms with E-state index in [1.54, 1.807) is 18.2 Å². The summed E-state index contributed by atoms with van der Waals surface area (Å²) >= 11 is 4.93. The van der Waals surface area contributed by atoms with Crippen molar-refractivity contribution >= 4 is 22.9 Å². The van der Waals surface area contributed by atoms with E-state index in [1.807, 2.05) is 11.9 Å². The van der Waals surface area contributed by atoms with Crippen molar-refractivity contribution in [2.45, 2.75) is 6.54 Å². The van der Waals surface area contributed by atoms with Crippen molar-refractivity contribution in [2.75, 3.05) is 11.9 Å². The fourth-order valence-electron chi connectivity index (χ4n) is 1.98. The summed E-state index contributed by atoms with van der Waals surface area (Å²) in [6, 6.07) is 10.6. The second kappa shape index (κ2) is 5.96. The molecule has 0 atom stereocenters. The summed E-state index contributed by atoms with van der Waals surface area (Å²) in [7, 11) is 1.82. The van der Waals surface area contributed by atoms with Crippen LogP contribution in [0.3, 0.4) is 0 Å². The Labute approximate surface area is 121 Å². The first kappa shape index (κ1) is 14.4. The number of anilines is 1. The monoisotopic (exact) mass is 292 g/mol. The molecule has 0 saturated carbocycles. The summed E-state index contributed by atoms with van der Waals surface area (Å²) in [5, 5.41) is 0. The minimum absolute atomic E-state index is 0.146. The molecule has 20 heavy (non-hydrogen) atoms. The molecule has 0 saturated heterocycles. The molecule has 0 aromatic heterocycles. The Balaban J connectivity index is 2.28. The third kappa shape index (κ3) is 3.30. The van der Waals surface area contributed by atoms with Crippen LogP contribution in [0.1, 0.15) is 11.1 Å². The fraction of sp³-hybridized carbons (Fsp3) is 0.133. The van der Waals surface area contributed by atoms with Gasteiger partial charge in [0.15, 0.2) is 0 Å². The topological polar surface area (TPSA) is 29.3 Å². The molecule has 0 unspecified atom stereocenters. The molecule has 2 rings (SSSR count). The molecule has 0 bridgehead atoms. The zero-order valence-electron chi connectivity index (χ0n) is 10.9. The number of nitrogens with zero attached hydrogens (tertiary/aromatic N) is 1. The Morgan fingerprint density at radius 3 is 2.50 bits per heavy atom. The van der Waals surface area contributed by atoms with Crippen LogP contribution >= 0.6 is 12.2 Å². The van der Waals surface area contributed by atoms with Crippen LogP contribution in [-0.4, -0.2) is 12.0 Å². The predicted molar refractivity (Wildman–Crippen MR) is 80.8 cm³/mol. The summed E-state index contributed by atoms with van der Waals surface area (Å²) in [5.74, 6) is -0.687. The highest BCUT2D eigenvalue weighted by Crippen LogP contribution is 2.19. The summed E-state index contributed by atoms with van der Waals surface area (Å²) in [4.78, 5) is 1.99. The van der Waals surface area contributed by atoms with Gasteiger partial charge in [-0.05, 0) is 35.9 Å². The average molecular weight is 292 g/mol. The highest BCUT2D eigenvalue weighted by Gasteiger charge is 2.10. The SMILES string of the molecule is CN(Cc1ccc(F)cc1C(N)=S)c1cccc(F)c1. The van der Waals surface area contributed by atoms with Crippen LogP contribution in [0.15, 0.2) is 42.5 Å². The molecule has 2 N–H and O–H groups in total. The highest BCUT2D eigenvalue weighted by atomic mass is 32.1. The quantitative estimate of drug-likeness (QED) is 0.877. The molecule has 5 heteroatoms. The van der Waals surface area contributed by atoms with Gasteiger partial charge in [0.2, 0.25) is 0 Å². The predicted octanol–water partition coefficient (Wildman–Crippen LogP) is 3.24. The van der Waals surface area contributed by atoms with E-state index in [2.05, 4.69) is 0 Å². The van der Waals surface area contributed by atoms with Crippen molar-refractivity contribution in [3.05, 3.63) is 65.2 Å². The van der Waals surface area contributed by atoms with Gasteiger partial charge in [-0.25, -0.2) is 8.78 Å². The molecular formula is C15H14F2N2S. The van der Waals surface area contributed by atoms with Gasteiger partial charge >= 0.3 is 0 Å². The normalized spacial score (nSPS) is 10.3. The lowest BCUT2D eigenvalue weighted by atomic mass is 10.1. The van der Waals surface area contributed by atoms with Crippen molar-refractivity contribution in [1.82, 2.24) is 0 Å². The van der Waals surface area contributed by atoms with Gasteiger partial charge in [0.1, 0.15) is 16.6 Å². The van der Waals surface area contributed by atoms with Crippen molar-refractivity contribution in [1.29, 1.82) is 0 Å². The lowest BCUT2D eigenvalue weighted by molar-refractivity contribution is 0.626. The molecule has 0 aliphatic rings. The Morgan fingerprint density at radius 2 is 1.85 bits per heavy atom. The van der Waals surface area contributed by atoms with Gasteiger partial charge in [0, 0.05) is 24.8 Å². The molecule has 0 aliphatic carbocycles. The van der Waals surface area contributed by atoms with E-state index in [0.717, 1.165) is 11.3 Å². The summed E-state index contributed by atoms with van der Waals surface area (Å²) in [6.07, 6.45) is 0. The Kier molecular flexibility index (Phi) is 4.29. The first-order valence-electron chi connectivity index (χ1n) is 6.02. The lowest BCUT2D eigenvalue weighted by Gasteiger charge is -2.21. The van der Waals surface area contributed by atoms with Gasteiger partial charge in [-0.3, -0.25) is 0 Å². The van der Waals surface area contributed by atoms with Crippen LogP contribution in [0, 0.1) is 11.6 Å². The third-order valence-electron chi connectivity index (χ3n) is 2.99. The highest BCUT2D eigenvalue weighted by molar-refractivity contribution is 7.80. The van der Waals surface area contributed by atoms with Gasteiger partial charge in [-0.2, -0.15) is 0 Å².